The van der Waals surface area contributed by atoms with E-state index < -0.39 is 12.8 Å². The summed E-state index contributed by atoms with van der Waals surface area (Å²) in [5.41, 5.74) is 5.42. The lowest BCUT2D eigenvalue weighted by molar-refractivity contribution is 0.162. The van der Waals surface area contributed by atoms with Crippen LogP contribution in [0.3, 0.4) is 0 Å². The van der Waals surface area contributed by atoms with Crippen molar-refractivity contribution < 1.29 is 9.50 Å². The number of aliphatic hydroxyl groups excluding tert-OH is 1. The predicted octanol–water partition coefficient (Wildman–Crippen LogP) is -0.180. The van der Waals surface area contributed by atoms with Gasteiger partial charge in [-0.15, -0.1) is 10.2 Å². The molecule has 0 saturated heterocycles. The first-order valence-electron chi connectivity index (χ1n) is 3.67. The van der Waals surface area contributed by atoms with Crippen LogP contribution < -0.4 is 5.73 Å². The topological polar surface area (TPSA) is 77.0 Å². The highest BCUT2D eigenvalue weighted by molar-refractivity contribution is 7.99. The molecule has 5 nitrogen and oxygen atoms in total. The van der Waals surface area contributed by atoms with Gasteiger partial charge in [-0.25, -0.2) is 4.39 Å². The third kappa shape index (κ3) is 2.56. The van der Waals surface area contributed by atoms with E-state index in [0.29, 0.717) is 11.1 Å². The van der Waals surface area contributed by atoms with E-state index in [9.17, 15) is 4.39 Å². The number of aliphatic hydroxyl groups is 1. The van der Waals surface area contributed by atoms with Gasteiger partial charge >= 0.3 is 0 Å². The third-order valence-corrected chi connectivity index (χ3v) is 2.62. The maximum absolute atomic E-state index is 11.9. The highest BCUT2D eigenvalue weighted by Gasteiger charge is 2.09. The molecular formula is C6H11FN4OS. The number of halogens is 1. The Labute approximate surface area is 79.1 Å². The van der Waals surface area contributed by atoms with Crippen molar-refractivity contribution in [2.45, 2.75) is 11.3 Å². The van der Waals surface area contributed by atoms with E-state index in [4.69, 9.17) is 10.8 Å². The third-order valence-electron chi connectivity index (χ3n) is 1.45. The van der Waals surface area contributed by atoms with Crippen molar-refractivity contribution in [3.63, 3.8) is 0 Å². The predicted molar refractivity (Wildman–Crippen MR) is 48.1 cm³/mol. The first kappa shape index (κ1) is 10.3. The molecule has 1 aromatic rings. The van der Waals surface area contributed by atoms with Crippen LogP contribution in [-0.4, -0.2) is 38.4 Å². The Morgan fingerprint density at radius 1 is 1.69 bits per heavy atom. The van der Waals surface area contributed by atoms with Crippen LogP contribution >= 0.6 is 11.8 Å². The summed E-state index contributed by atoms with van der Waals surface area (Å²) in [6.45, 7) is -0.750. The Hall–Kier alpha value is -0.820. The highest BCUT2D eigenvalue weighted by atomic mass is 32.2. The van der Waals surface area contributed by atoms with Gasteiger partial charge in [-0.2, -0.15) is 0 Å². The molecular weight excluding hydrogens is 195 g/mol. The minimum absolute atomic E-state index is 0.252. The summed E-state index contributed by atoms with van der Waals surface area (Å²) >= 11 is 1.22. The van der Waals surface area contributed by atoms with Crippen molar-refractivity contribution in [1.82, 2.24) is 14.8 Å². The molecule has 0 bridgehead atoms. The second-order valence-electron chi connectivity index (χ2n) is 2.52. The molecule has 7 heteroatoms. The van der Waals surface area contributed by atoms with E-state index >= 15 is 0 Å². The molecule has 0 amide bonds. The van der Waals surface area contributed by atoms with E-state index in [-0.39, 0.29) is 5.75 Å². The molecule has 1 atom stereocenters. The van der Waals surface area contributed by atoms with Crippen molar-refractivity contribution >= 4 is 17.7 Å². The minimum Gasteiger partial charge on any atom is -0.390 e. The number of anilines is 1. The number of alkyl halides is 1. The molecule has 0 fully saturated rings. The van der Waals surface area contributed by atoms with Gasteiger partial charge in [0, 0.05) is 12.8 Å². The van der Waals surface area contributed by atoms with E-state index in [1.165, 1.54) is 11.8 Å². The monoisotopic (exact) mass is 206 g/mol. The van der Waals surface area contributed by atoms with Gasteiger partial charge in [0.2, 0.25) is 5.95 Å². The van der Waals surface area contributed by atoms with Crippen LogP contribution in [0.25, 0.3) is 0 Å². The molecule has 13 heavy (non-hydrogen) atoms. The quantitative estimate of drug-likeness (QED) is 0.668. The SMILES string of the molecule is Cn1c(N)nnc1SCC(O)CF. The largest absolute Gasteiger partial charge is 0.390 e. The van der Waals surface area contributed by atoms with Gasteiger partial charge in [0.05, 0.1) is 6.10 Å². The summed E-state index contributed by atoms with van der Waals surface area (Å²) in [4.78, 5) is 0. The molecule has 0 aromatic carbocycles. The van der Waals surface area contributed by atoms with Gasteiger partial charge in [-0.1, -0.05) is 11.8 Å². The van der Waals surface area contributed by atoms with E-state index in [2.05, 4.69) is 10.2 Å². The van der Waals surface area contributed by atoms with Gasteiger partial charge in [0.25, 0.3) is 0 Å². The number of thioether (sulfide) groups is 1. The highest BCUT2D eigenvalue weighted by Crippen LogP contribution is 2.17. The zero-order valence-electron chi connectivity index (χ0n) is 7.14. The fraction of sp³-hybridized carbons (Fsp3) is 0.667. The minimum atomic E-state index is -0.956. The van der Waals surface area contributed by atoms with Gasteiger partial charge in [-0.05, 0) is 0 Å². The summed E-state index contributed by atoms with van der Waals surface area (Å²) in [7, 11) is 1.71. The molecule has 1 rings (SSSR count). The number of hydrogen-bond acceptors (Lipinski definition) is 5. The average Bonchev–Trinajstić information content (AvgIpc) is 2.44. The summed E-state index contributed by atoms with van der Waals surface area (Å²) in [6, 6.07) is 0. The Bertz CT molecular complexity index is 280. The summed E-state index contributed by atoms with van der Waals surface area (Å²) in [5.74, 6) is 0.555. The van der Waals surface area contributed by atoms with Crippen molar-refractivity contribution in [2.24, 2.45) is 7.05 Å². The average molecular weight is 206 g/mol. The van der Waals surface area contributed by atoms with Crippen LogP contribution in [0.15, 0.2) is 5.16 Å². The van der Waals surface area contributed by atoms with Crippen molar-refractivity contribution in [1.29, 1.82) is 0 Å². The van der Waals surface area contributed by atoms with Gasteiger partial charge in [0.1, 0.15) is 6.67 Å². The molecule has 0 aliphatic rings. The normalized spacial score (nSPS) is 13.2. The molecule has 3 N–H and O–H groups in total. The number of hydrogen-bond donors (Lipinski definition) is 2. The zero-order valence-corrected chi connectivity index (χ0v) is 7.96. The van der Waals surface area contributed by atoms with Gasteiger partial charge in [-0.3, -0.25) is 4.57 Å². The lowest BCUT2D eigenvalue weighted by Gasteiger charge is -2.04. The van der Waals surface area contributed by atoms with E-state index in [1.807, 2.05) is 0 Å². The molecule has 1 heterocycles. The molecule has 74 valence electrons. The number of nitrogens with two attached hydrogens (primary N) is 1. The molecule has 1 aromatic heterocycles. The zero-order chi connectivity index (χ0) is 9.84. The molecule has 0 aliphatic heterocycles. The second-order valence-corrected chi connectivity index (χ2v) is 3.51. The summed E-state index contributed by atoms with van der Waals surface area (Å²) < 4.78 is 13.4. The van der Waals surface area contributed by atoms with E-state index in [0.717, 1.165) is 0 Å². The lowest BCUT2D eigenvalue weighted by Crippen LogP contribution is -2.12. The van der Waals surface area contributed by atoms with Crippen LogP contribution in [-0.2, 0) is 7.05 Å². The Kier molecular flexibility index (Phi) is 3.49. The van der Waals surface area contributed by atoms with Crippen LogP contribution in [0.2, 0.25) is 0 Å². The number of nitrogens with zero attached hydrogens (tertiary/aromatic N) is 3. The maximum Gasteiger partial charge on any atom is 0.222 e. The number of aromatic nitrogens is 3. The summed E-state index contributed by atoms with van der Waals surface area (Å²) in [5, 5.41) is 16.9. The van der Waals surface area contributed by atoms with Gasteiger partial charge < -0.3 is 10.8 Å². The van der Waals surface area contributed by atoms with Crippen LogP contribution in [0.4, 0.5) is 10.3 Å². The first-order chi connectivity index (χ1) is 6.15. The Morgan fingerprint density at radius 2 is 2.38 bits per heavy atom. The standard InChI is InChI=1S/C6H11FN4OS/c1-11-5(8)9-10-6(11)13-3-4(12)2-7/h4,12H,2-3H2,1H3,(H2,8,9). The smallest absolute Gasteiger partial charge is 0.222 e. The summed E-state index contributed by atoms with van der Waals surface area (Å²) in [6.07, 6.45) is -0.956. The maximum atomic E-state index is 11.9. The van der Waals surface area contributed by atoms with Gasteiger partial charge in [0.15, 0.2) is 5.16 Å². The van der Waals surface area contributed by atoms with Crippen molar-refractivity contribution in [3.05, 3.63) is 0 Å². The molecule has 0 radical (unpaired) electrons. The second kappa shape index (κ2) is 4.43. The fourth-order valence-electron chi connectivity index (χ4n) is 0.667. The number of nitrogen functional groups attached to an aromatic ring is 1. The molecule has 0 aliphatic carbocycles. The Morgan fingerprint density at radius 3 is 2.85 bits per heavy atom. The van der Waals surface area contributed by atoms with Crippen molar-refractivity contribution in [3.8, 4) is 0 Å². The molecule has 1 unspecified atom stereocenters. The first-order valence-corrected chi connectivity index (χ1v) is 4.65. The van der Waals surface area contributed by atoms with Crippen LogP contribution in [0.1, 0.15) is 0 Å². The Balaban J connectivity index is 2.50. The van der Waals surface area contributed by atoms with Crippen molar-refractivity contribution in [2.75, 3.05) is 18.2 Å². The number of rotatable bonds is 4. The molecule has 0 spiro atoms. The fourth-order valence-corrected chi connectivity index (χ4v) is 1.48. The van der Waals surface area contributed by atoms with Crippen LogP contribution in [0, 0.1) is 0 Å². The van der Waals surface area contributed by atoms with Crippen LogP contribution in [0.5, 0.6) is 0 Å². The lowest BCUT2D eigenvalue weighted by atomic mass is 10.5. The molecule has 0 saturated carbocycles. The van der Waals surface area contributed by atoms with E-state index in [1.54, 1.807) is 11.6 Å².